The highest BCUT2D eigenvalue weighted by Crippen LogP contribution is 2.19. The Morgan fingerprint density at radius 3 is 2.82 bits per heavy atom. The van der Waals surface area contributed by atoms with Gasteiger partial charge in [-0.25, -0.2) is 0 Å². The van der Waals surface area contributed by atoms with Crippen molar-refractivity contribution in [2.45, 2.75) is 19.4 Å². The third kappa shape index (κ3) is 2.87. The summed E-state index contributed by atoms with van der Waals surface area (Å²) in [5, 5.41) is 0. The van der Waals surface area contributed by atoms with Crippen LogP contribution >= 0.6 is 0 Å². The number of hydrogen-bond acceptors (Lipinski definition) is 4. The van der Waals surface area contributed by atoms with Crippen molar-refractivity contribution < 1.29 is 0 Å². The maximum Gasteiger partial charge on any atom is 0.0519 e. The second kappa shape index (κ2) is 5.52. The first-order valence-electron chi connectivity index (χ1n) is 5.58. The molecule has 0 saturated heterocycles. The van der Waals surface area contributed by atoms with Gasteiger partial charge in [-0.15, -0.1) is 0 Å². The summed E-state index contributed by atoms with van der Waals surface area (Å²) in [5.74, 6) is 5.62. The van der Waals surface area contributed by atoms with Crippen LogP contribution < -0.4 is 11.3 Å². The summed E-state index contributed by atoms with van der Waals surface area (Å²) in [7, 11) is 0. The van der Waals surface area contributed by atoms with Crippen molar-refractivity contribution >= 4 is 0 Å². The van der Waals surface area contributed by atoms with E-state index in [4.69, 9.17) is 5.84 Å². The topological polar surface area (TPSA) is 63.8 Å². The fraction of sp³-hybridized carbons (Fsp3) is 0.231. The largest absolute Gasteiger partial charge is 0.271 e. The van der Waals surface area contributed by atoms with Crippen LogP contribution in [0.1, 0.15) is 22.9 Å². The van der Waals surface area contributed by atoms with Gasteiger partial charge in [0.2, 0.25) is 0 Å². The number of pyridine rings is 2. The van der Waals surface area contributed by atoms with Crippen molar-refractivity contribution in [3.05, 3.63) is 59.7 Å². The Balaban J connectivity index is 2.21. The van der Waals surface area contributed by atoms with E-state index in [2.05, 4.69) is 15.4 Å². The highest BCUT2D eigenvalue weighted by Gasteiger charge is 2.13. The van der Waals surface area contributed by atoms with Gasteiger partial charge >= 0.3 is 0 Å². The standard InChI is InChI=1S/C13H16N4/c1-10-9-15-7-5-12(10)13(17-14)8-11-4-2-3-6-16-11/h2-7,9,13,17H,8,14H2,1H3. The lowest BCUT2D eigenvalue weighted by molar-refractivity contribution is 0.543. The molecule has 0 aromatic carbocycles. The van der Waals surface area contributed by atoms with Gasteiger partial charge in [-0.1, -0.05) is 6.07 Å². The summed E-state index contributed by atoms with van der Waals surface area (Å²) in [6, 6.07) is 7.94. The van der Waals surface area contributed by atoms with E-state index >= 15 is 0 Å². The Morgan fingerprint density at radius 2 is 2.18 bits per heavy atom. The van der Waals surface area contributed by atoms with Crippen molar-refractivity contribution in [1.82, 2.24) is 15.4 Å². The molecule has 2 heterocycles. The molecule has 1 unspecified atom stereocenters. The monoisotopic (exact) mass is 228 g/mol. The van der Waals surface area contributed by atoms with E-state index in [-0.39, 0.29) is 6.04 Å². The van der Waals surface area contributed by atoms with E-state index in [1.54, 1.807) is 12.4 Å². The SMILES string of the molecule is Cc1cnccc1C(Cc1ccccn1)NN. The van der Waals surface area contributed by atoms with E-state index in [0.29, 0.717) is 0 Å². The predicted octanol–water partition coefficient (Wildman–Crippen LogP) is 1.53. The van der Waals surface area contributed by atoms with Gasteiger partial charge in [0.25, 0.3) is 0 Å². The number of aryl methyl sites for hydroxylation is 1. The molecule has 0 bridgehead atoms. The summed E-state index contributed by atoms with van der Waals surface area (Å²) in [6.45, 7) is 2.03. The maximum absolute atomic E-state index is 5.62. The van der Waals surface area contributed by atoms with Crippen LogP contribution in [0.2, 0.25) is 0 Å². The number of nitrogens with one attached hydrogen (secondary N) is 1. The molecule has 0 saturated carbocycles. The summed E-state index contributed by atoms with van der Waals surface area (Å²) in [4.78, 5) is 8.39. The van der Waals surface area contributed by atoms with E-state index in [0.717, 1.165) is 23.2 Å². The van der Waals surface area contributed by atoms with E-state index in [9.17, 15) is 0 Å². The zero-order valence-corrected chi connectivity index (χ0v) is 9.80. The summed E-state index contributed by atoms with van der Waals surface area (Å²) < 4.78 is 0. The fourth-order valence-electron chi connectivity index (χ4n) is 1.86. The van der Waals surface area contributed by atoms with Crippen LogP contribution in [0, 0.1) is 6.92 Å². The molecular weight excluding hydrogens is 212 g/mol. The van der Waals surface area contributed by atoms with Gasteiger partial charge in [-0.05, 0) is 36.2 Å². The number of hydrogen-bond donors (Lipinski definition) is 2. The Labute approximate surface area is 101 Å². The minimum Gasteiger partial charge on any atom is -0.271 e. The van der Waals surface area contributed by atoms with Crippen LogP contribution in [0.15, 0.2) is 42.9 Å². The second-order valence-electron chi connectivity index (χ2n) is 3.98. The van der Waals surface area contributed by atoms with Crippen molar-refractivity contribution in [3.8, 4) is 0 Å². The van der Waals surface area contributed by atoms with E-state index < -0.39 is 0 Å². The quantitative estimate of drug-likeness (QED) is 0.615. The summed E-state index contributed by atoms with van der Waals surface area (Å²) >= 11 is 0. The molecule has 0 aliphatic rings. The van der Waals surface area contributed by atoms with Crippen LogP contribution in [0.5, 0.6) is 0 Å². The number of nitrogens with two attached hydrogens (primary N) is 1. The zero-order valence-electron chi connectivity index (χ0n) is 9.80. The van der Waals surface area contributed by atoms with Crippen LogP contribution in [0.4, 0.5) is 0 Å². The van der Waals surface area contributed by atoms with Crippen LogP contribution in [0.3, 0.4) is 0 Å². The van der Waals surface area contributed by atoms with Gasteiger partial charge in [0.05, 0.1) is 6.04 Å². The Kier molecular flexibility index (Phi) is 3.80. The molecule has 4 heteroatoms. The van der Waals surface area contributed by atoms with Gasteiger partial charge in [-0.3, -0.25) is 21.2 Å². The van der Waals surface area contributed by atoms with Crippen LogP contribution in [-0.4, -0.2) is 9.97 Å². The van der Waals surface area contributed by atoms with Crippen molar-refractivity contribution in [3.63, 3.8) is 0 Å². The molecule has 0 aliphatic carbocycles. The Morgan fingerprint density at radius 1 is 1.29 bits per heavy atom. The lowest BCUT2D eigenvalue weighted by Gasteiger charge is -2.17. The highest BCUT2D eigenvalue weighted by atomic mass is 15.2. The molecule has 17 heavy (non-hydrogen) atoms. The second-order valence-corrected chi connectivity index (χ2v) is 3.98. The number of nitrogens with zero attached hydrogens (tertiary/aromatic N) is 2. The first-order valence-corrected chi connectivity index (χ1v) is 5.58. The van der Waals surface area contributed by atoms with Gasteiger partial charge in [0.15, 0.2) is 0 Å². The molecule has 88 valence electrons. The molecule has 2 aromatic heterocycles. The molecule has 0 aliphatic heterocycles. The number of rotatable bonds is 4. The average molecular weight is 228 g/mol. The lowest BCUT2D eigenvalue weighted by atomic mass is 9.99. The van der Waals surface area contributed by atoms with Gasteiger partial charge in [-0.2, -0.15) is 0 Å². The minimum atomic E-state index is 0.0629. The van der Waals surface area contributed by atoms with Gasteiger partial charge in [0.1, 0.15) is 0 Å². The number of hydrazine groups is 1. The summed E-state index contributed by atoms with van der Waals surface area (Å²) in [5.41, 5.74) is 6.15. The van der Waals surface area contributed by atoms with Gasteiger partial charge in [0, 0.05) is 30.7 Å². The smallest absolute Gasteiger partial charge is 0.0519 e. The molecular formula is C13H16N4. The molecule has 0 spiro atoms. The zero-order chi connectivity index (χ0) is 12.1. The normalized spacial score (nSPS) is 12.4. The van der Waals surface area contributed by atoms with Crippen LogP contribution in [-0.2, 0) is 6.42 Å². The molecule has 1 atom stereocenters. The molecule has 0 fully saturated rings. The van der Waals surface area contributed by atoms with E-state index in [1.165, 1.54) is 0 Å². The molecule has 2 rings (SSSR count). The van der Waals surface area contributed by atoms with Crippen molar-refractivity contribution in [2.24, 2.45) is 5.84 Å². The molecule has 3 N–H and O–H groups in total. The molecule has 2 aromatic rings. The lowest BCUT2D eigenvalue weighted by Crippen LogP contribution is -2.30. The Hall–Kier alpha value is -1.78. The molecule has 0 amide bonds. The highest BCUT2D eigenvalue weighted by molar-refractivity contribution is 5.26. The fourth-order valence-corrected chi connectivity index (χ4v) is 1.86. The third-order valence-electron chi connectivity index (χ3n) is 2.78. The van der Waals surface area contributed by atoms with Crippen molar-refractivity contribution in [2.75, 3.05) is 0 Å². The first kappa shape index (κ1) is 11.7. The van der Waals surface area contributed by atoms with Gasteiger partial charge < -0.3 is 0 Å². The summed E-state index contributed by atoms with van der Waals surface area (Å²) in [6.07, 6.45) is 6.19. The Bertz CT molecular complexity index is 470. The van der Waals surface area contributed by atoms with Crippen LogP contribution in [0.25, 0.3) is 0 Å². The molecule has 4 nitrogen and oxygen atoms in total. The average Bonchev–Trinajstić information content (AvgIpc) is 2.38. The third-order valence-corrected chi connectivity index (χ3v) is 2.78. The molecule has 0 radical (unpaired) electrons. The first-order chi connectivity index (χ1) is 8.31. The minimum absolute atomic E-state index is 0.0629. The maximum atomic E-state index is 5.62. The van der Waals surface area contributed by atoms with E-state index in [1.807, 2.05) is 37.4 Å². The predicted molar refractivity (Wildman–Crippen MR) is 67.0 cm³/mol. The van der Waals surface area contributed by atoms with Crippen molar-refractivity contribution in [1.29, 1.82) is 0 Å². The number of aromatic nitrogens is 2.